The van der Waals surface area contributed by atoms with Crippen LogP contribution in [0.25, 0.3) is 87.8 Å². The van der Waals surface area contributed by atoms with E-state index in [2.05, 4.69) is 146 Å². The minimum absolute atomic E-state index is 0.885. The number of nitrogens with zero attached hydrogens (tertiary/aromatic N) is 2. The molecule has 0 aliphatic rings. The van der Waals surface area contributed by atoms with Crippen LogP contribution in [-0.2, 0) is 0 Å². The molecule has 8 aromatic carbocycles. The first kappa shape index (κ1) is 24.7. The molecule has 0 saturated heterocycles. The highest BCUT2D eigenvalue weighted by Gasteiger charge is 2.20. The van der Waals surface area contributed by atoms with E-state index in [1.165, 1.54) is 48.7 Å². The molecule has 9 rings (SSSR count). The van der Waals surface area contributed by atoms with E-state index < -0.39 is 0 Å². The van der Waals surface area contributed by atoms with Crippen molar-refractivity contribution in [1.29, 1.82) is 0 Å². The summed E-state index contributed by atoms with van der Waals surface area (Å²) in [6, 6.07) is 56.1. The van der Waals surface area contributed by atoms with Crippen LogP contribution in [0.5, 0.6) is 0 Å². The van der Waals surface area contributed by atoms with Crippen molar-refractivity contribution >= 4 is 54.1 Å². The Morgan fingerprint density at radius 3 is 1.66 bits per heavy atom. The topological polar surface area (TPSA) is 25.8 Å². The minimum Gasteiger partial charge on any atom is -0.244 e. The zero-order valence-corrected chi connectivity index (χ0v) is 23.9. The Morgan fingerprint density at radius 2 is 0.886 bits per heavy atom. The average molecular weight is 559 g/mol. The first-order chi connectivity index (χ1) is 21.8. The van der Waals surface area contributed by atoms with Crippen LogP contribution in [0, 0.1) is 0 Å². The SMILES string of the molecule is c1ccc(-c2cccc(-c3nc4ccccc4nc3-c3cc4ccc5ccccc5c4c4ccc5ccccc5c34)c2)cc1. The highest BCUT2D eigenvalue weighted by molar-refractivity contribution is 6.28. The van der Waals surface area contributed by atoms with Gasteiger partial charge in [0.05, 0.1) is 22.4 Å². The lowest BCUT2D eigenvalue weighted by Crippen LogP contribution is -1.97. The van der Waals surface area contributed by atoms with Crippen molar-refractivity contribution in [3.05, 3.63) is 158 Å². The number of para-hydroxylation sites is 2. The Kier molecular flexibility index (Phi) is 5.54. The minimum atomic E-state index is 0.885. The van der Waals surface area contributed by atoms with Crippen LogP contribution in [-0.4, -0.2) is 9.97 Å². The van der Waals surface area contributed by atoms with Crippen molar-refractivity contribution in [2.45, 2.75) is 0 Å². The molecular weight excluding hydrogens is 532 g/mol. The molecule has 0 atom stereocenters. The lowest BCUT2D eigenvalue weighted by atomic mass is 9.88. The molecule has 0 amide bonds. The molecule has 0 spiro atoms. The molecule has 0 aliphatic heterocycles. The van der Waals surface area contributed by atoms with E-state index >= 15 is 0 Å². The van der Waals surface area contributed by atoms with Gasteiger partial charge in [-0.25, -0.2) is 9.97 Å². The summed E-state index contributed by atoms with van der Waals surface area (Å²) in [4.78, 5) is 10.7. The predicted molar refractivity (Wildman–Crippen MR) is 186 cm³/mol. The summed E-state index contributed by atoms with van der Waals surface area (Å²) >= 11 is 0. The van der Waals surface area contributed by atoms with Crippen LogP contribution >= 0.6 is 0 Å². The van der Waals surface area contributed by atoms with Gasteiger partial charge in [0.1, 0.15) is 0 Å². The number of hydrogen-bond donors (Lipinski definition) is 0. The summed E-state index contributed by atoms with van der Waals surface area (Å²) in [5, 5.41) is 9.83. The van der Waals surface area contributed by atoms with E-state index in [0.29, 0.717) is 0 Å². The normalized spacial score (nSPS) is 11.6. The van der Waals surface area contributed by atoms with Crippen LogP contribution in [0.1, 0.15) is 0 Å². The molecule has 9 aromatic rings. The smallest absolute Gasteiger partial charge is 0.0979 e. The Morgan fingerprint density at radius 1 is 0.318 bits per heavy atom. The van der Waals surface area contributed by atoms with Crippen LogP contribution in [0.15, 0.2) is 158 Å². The Labute approximate surface area is 254 Å². The molecule has 0 fully saturated rings. The second kappa shape index (κ2) is 9.86. The standard InChI is InChI=1S/C42H26N2/c1-2-11-27(12-3-1)30-15-10-16-32(25-30)41-42(44-38-20-9-8-19-37(38)43-41)36-26-31-22-21-28-13-4-6-17-33(28)39(31)35-24-23-29-14-5-7-18-34(29)40(35)36/h1-26H. The monoisotopic (exact) mass is 558 g/mol. The predicted octanol–water partition coefficient (Wildman–Crippen LogP) is 11.2. The number of hydrogen-bond acceptors (Lipinski definition) is 2. The first-order valence-corrected chi connectivity index (χ1v) is 15.0. The van der Waals surface area contributed by atoms with Gasteiger partial charge in [0.25, 0.3) is 0 Å². The first-order valence-electron chi connectivity index (χ1n) is 15.0. The van der Waals surface area contributed by atoms with Gasteiger partial charge >= 0.3 is 0 Å². The maximum absolute atomic E-state index is 5.39. The van der Waals surface area contributed by atoms with E-state index in [0.717, 1.165) is 39.1 Å². The molecule has 1 heterocycles. The van der Waals surface area contributed by atoms with Crippen molar-refractivity contribution in [2.24, 2.45) is 0 Å². The Hall–Kier alpha value is -5.86. The fourth-order valence-corrected chi connectivity index (χ4v) is 6.76. The molecule has 0 saturated carbocycles. The third-order valence-electron chi connectivity index (χ3n) is 8.80. The summed E-state index contributed by atoms with van der Waals surface area (Å²) in [7, 11) is 0. The van der Waals surface area contributed by atoms with Crippen molar-refractivity contribution in [3.63, 3.8) is 0 Å². The van der Waals surface area contributed by atoms with Crippen molar-refractivity contribution < 1.29 is 0 Å². The third kappa shape index (κ3) is 3.89. The number of fused-ring (bicyclic) bond motifs is 8. The van der Waals surface area contributed by atoms with E-state index in [1.54, 1.807) is 0 Å². The molecule has 0 N–H and O–H groups in total. The molecule has 0 bridgehead atoms. The lowest BCUT2D eigenvalue weighted by molar-refractivity contribution is 1.30. The van der Waals surface area contributed by atoms with Gasteiger partial charge in [-0.15, -0.1) is 0 Å². The molecule has 2 nitrogen and oxygen atoms in total. The second-order valence-electron chi connectivity index (χ2n) is 11.4. The van der Waals surface area contributed by atoms with E-state index in [4.69, 9.17) is 9.97 Å². The van der Waals surface area contributed by atoms with Crippen molar-refractivity contribution in [3.8, 4) is 33.6 Å². The molecule has 44 heavy (non-hydrogen) atoms. The quantitative estimate of drug-likeness (QED) is 0.202. The third-order valence-corrected chi connectivity index (χ3v) is 8.80. The summed E-state index contributed by atoms with van der Waals surface area (Å²) in [6.45, 7) is 0. The van der Waals surface area contributed by atoms with Crippen LogP contribution < -0.4 is 0 Å². The van der Waals surface area contributed by atoms with E-state index in [9.17, 15) is 0 Å². The lowest BCUT2D eigenvalue weighted by Gasteiger charge is -2.17. The molecule has 0 radical (unpaired) electrons. The zero-order chi connectivity index (χ0) is 29.0. The van der Waals surface area contributed by atoms with Gasteiger partial charge in [-0.3, -0.25) is 0 Å². The molecule has 2 heteroatoms. The van der Waals surface area contributed by atoms with Gasteiger partial charge in [-0.2, -0.15) is 0 Å². The van der Waals surface area contributed by atoms with Gasteiger partial charge in [0.15, 0.2) is 0 Å². The van der Waals surface area contributed by atoms with Gasteiger partial charge in [0.2, 0.25) is 0 Å². The molecule has 0 aliphatic carbocycles. The second-order valence-corrected chi connectivity index (χ2v) is 11.4. The molecular formula is C42H26N2. The van der Waals surface area contributed by atoms with E-state index in [1.807, 2.05) is 12.1 Å². The fourth-order valence-electron chi connectivity index (χ4n) is 6.76. The van der Waals surface area contributed by atoms with Crippen LogP contribution in [0.3, 0.4) is 0 Å². The summed E-state index contributed by atoms with van der Waals surface area (Å²) in [5.41, 5.74) is 8.03. The van der Waals surface area contributed by atoms with Gasteiger partial charge < -0.3 is 0 Å². The Bertz CT molecular complexity index is 2550. The number of benzene rings is 8. The summed E-state index contributed by atoms with van der Waals surface area (Å²) in [5.74, 6) is 0. The fraction of sp³-hybridized carbons (Fsp3) is 0. The van der Waals surface area contributed by atoms with Crippen molar-refractivity contribution in [2.75, 3.05) is 0 Å². The summed E-state index contributed by atoms with van der Waals surface area (Å²) < 4.78 is 0. The number of aromatic nitrogens is 2. The maximum Gasteiger partial charge on any atom is 0.0979 e. The summed E-state index contributed by atoms with van der Waals surface area (Å²) in [6.07, 6.45) is 0. The molecule has 0 unspecified atom stereocenters. The van der Waals surface area contributed by atoms with Crippen LogP contribution in [0.4, 0.5) is 0 Å². The van der Waals surface area contributed by atoms with E-state index in [-0.39, 0.29) is 0 Å². The van der Waals surface area contributed by atoms with Crippen molar-refractivity contribution in [1.82, 2.24) is 9.97 Å². The maximum atomic E-state index is 5.39. The van der Waals surface area contributed by atoms with Gasteiger partial charge in [-0.1, -0.05) is 133 Å². The van der Waals surface area contributed by atoms with Crippen LogP contribution in [0.2, 0.25) is 0 Å². The van der Waals surface area contributed by atoms with Gasteiger partial charge in [-0.05, 0) is 78.5 Å². The molecule has 1 aromatic heterocycles. The average Bonchev–Trinajstić information content (AvgIpc) is 3.10. The highest BCUT2D eigenvalue weighted by atomic mass is 14.8. The Balaban J connectivity index is 1.43. The highest BCUT2D eigenvalue weighted by Crippen LogP contribution is 2.43. The molecule has 204 valence electrons. The van der Waals surface area contributed by atoms with Gasteiger partial charge in [0, 0.05) is 11.1 Å². The zero-order valence-electron chi connectivity index (χ0n) is 23.9. The number of rotatable bonds is 3. The largest absolute Gasteiger partial charge is 0.244 e.